The second-order valence-electron chi connectivity index (χ2n) is 4.87. The van der Waals surface area contributed by atoms with Crippen LogP contribution < -0.4 is 5.32 Å². The van der Waals surface area contributed by atoms with Gasteiger partial charge in [-0.25, -0.2) is 4.79 Å². The number of rotatable bonds is 7. The van der Waals surface area contributed by atoms with Crippen LogP contribution >= 0.6 is 11.8 Å². The number of thioether (sulfide) groups is 1. The predicted octanol–water partition coefficient (Wildman–Crippen LogP) is 3.23. The third-order valence-corrected chi connectivity index (χ3v) is 3.45. The van der Waals surface area contributed by atoms with Crippen molar-refractivity contribution in [2.45, 2.75) is 37.0 Å². The molecule has 1 aromatic carbocycles. The number of hydrogen-bond acceptors (Lipinski definition) is 3. The van der Waals surface area contributed by atoms with Gasteiger partial charge in [0.1, 0.15) is 6.04 Å². The van der Waals surface area contributed by atoms with E-state index in [1.54, 1.807) is 12.1 Å². The van der Waals surface area contributed by atoms with E-state index in [-0.39, 0.29) is 34.6 Å². The molecule has 1 atom stereocenters. The van der Waals surface area contributed by atoms with Crippen LogP contribution in [0, 0.1) is 5.92 Å². The minimum atomic E-state index is -2.65. The van der Waals surface area contributed by atoms with Crippen LogP contribution in [0.5, 0.6) is 0 Å². The monoisotopic (exact) mass is 317 g/mol. The Balaban J connectivity index is 2.90. The van der Waals surface area contributed by atoms with Gasteiger partial charge in [0.15, 0.2) is 0 Å². The number of alkyl halides is 2. The Bertz CT molecular complexity index is 509. The van der Waals surface area contributed by atoms with Gasteiger partial charge in [0, 0.05) is 4.90 Å². The zero-order chi connectivity index (χ0) is 16.0. The van der Waals surface area contributed by atoms with Crippen LogP contribution in [0.4, 0.5) is 8.78 Å². The molecule has 0 heterocycles. The van der Waals surface area contributed by atoms with Gasteiger partial charge in [-0.05, 0) is 24.5 Å². The number of nitrogens with one attached hydrogen (secondary N) is 1. The molecule has 0 saturated carbocycles. The van der Waals surface area contributed by atoms with Gasteiger partial charge in [0.2, 0.25) is 0 Å². The molecule has 0 aliphatic heterocycles. The summed E-state index contributed by atoms with van der Waals surface area (Å²) >= 11 is 0.261. The molecule has 4 nitrogen and oxygen atoms in total. The quantitative estimate of drug-likeness (QED) is 0.758. The first-order chi connectivity index (χ1) is 9.81. The lowest BCUT2D eigenvalue weighted by molar-refractivity contribution is -0.139. The Morgan fingerprint density at radius 2 is 1.90 bits per heavy atom. The fraction of sp³-hybridized carbons (Fsp3) is 0.429. The van der Waals surface area contributed by atoms with Crippen molar-refractivity contribution < 1.29 is 23.5 Å². The lowest BCUT2D eigenvalue weighted by atomic mass is 10.0. The van der Waals surface area contributed by atoms with E-state index in [1.165, 1.54) is 12.1 Å². The third-order valence-electron chi connectivity index (χ3n) is 2.66. The highest BCUT2D eigenvalue weighted by atomic mass is 32.2. The summed E-state index contributed by atoms with van der Waals surface area (Å²) < 4.78 is 24.9. The number of benzene rings is 1. The van der Waals surface area contributed by atoms with Crippen LogP contribution in [-0.4, -0.2) is 28.8 Å². The molecule has 0 bridgehead atoms. The van der Waals surface area contributed by atoms with Crippen LogP contribution in [0.15, 0.2) is 29.2 Å². The van der Waals surface area contributed by atoms with Crippen LogP contribution in [-0.2, 0) is 4.79 Å². The highest BCUT2D eigenvalue weighted by Crippen LogP contribution is 2.28. The summed E-state index contributed by atoms with van der Waals surface area (Å²) in [5, 5.41) is 11.5. The fourth-order valence-electron chi connectivity index (χ4n) is 1.78. The van der Waals surface area contributed by atoms with E-state index in [0.717, 1.165) is 0 Å². The average Bonchev–Trinajstić information content (AvgIpc) is 2.37. The molecule has 0 aliphatic carbocycles. The van der Waals surface area contributed by atoms with E-state index < -0.39 is 23.7 Å². The van der Waals surface area contributed by atoms with Gasteiger partial charge in [-0.1, -0.05) is 37.7 Å². The van der Waals surface area contributed by atoms with Crippen LogP contribution in [0.2, 0.25) is 0 Å². The lowest BCUT2D eigenvalue weighted by Gasteiger charge is -2.17. The van der Waals surface area contributed by atoms with Gasteiger partial charge in [0.05, 0.1) is 5.56 Å². The summed E-state index contributed by atoms with van der Waals surface area (Å²) in [6.07, 6.45) is 0.269. The number of carboxylic acid groups (broad SMARTS) is 1. The van der Waals surface area contributed by atoms with Gasteiger partial charge < -0.3 is 10.4 Å². The maximum Gasteiger partial charge on any atom is 0.326 e. The molecule has 1 amide bonds. The van der Waals surface area contributed by atoms with Gasteiger partial charge in [-0.2, -0.15) is 8.78 Å². The largest absolute Gasteiger partial charge is 0.480 e. The number of halogens is 2. The topological polar surface area (TPSA) is 66.4 Å². The standard InChI is InChI=1S/C14H17F2NO3S/c1-8(2)7-10(13(19)20)17-12(18)9-5-3-4-6-11(9)21-14(15)16/h3-6,8,10,14H,7H2,1-2H3,(H,17,18)(H,19,20). The van der Waals surface area contributed by atoms with E-state index in [4.69, 9.17) is 5.11 Å². The van der Waals surface area contributed by atoms with Crippen molar-refractivity contribution in [1.82, 2.24) is 5.32 Å². The second-order valence-corrected chi connectivity index (χ2v) is 5.90. The minimum Gasteiger partial charge on any atom is -0.480 e. The fourth-order valence-corrected chi connectivity index (χ4v) is 2.42. The normalized spacial score (nSPS) is 12.5. The number of carbonyl (C=O) groups is 2. The van der Waals surface area contributed by atoms with Crippen molar-refractivity contribution in [2.75, 3.05) is 0 Å². The van der Waals surface area contributed by atoms with Gasteiger partial charge in [0.25, 0.3) is 11.7 Å². The molecule has 0 fully saturated rings. The molecule has 116 valence electrons. The predicted molar refractivity (Wildman–Crippen MR) is 76.6 cm³/mol. The average molecular weight is 317 g/mol. The Morgan fingerprint density at radius 3 is 2.43 bits per heavy atom. The highest BCUT2D eigenvalue weighted by molar-refractivity contribution is 7.99. The summed E-state index contributed by atoms with van der Waals surface area (Å²) in [4.78, 5) is 23.4. The first-order valence-corrected chi connectivity index (χ1v) is 7.26. The summed E-state index contributed by atoms with van der Waals surface area (Å²) in [6.45, 7) is 3.67. The van der Waals surface area contributed by atoms with Crippen molar-refractivity contribution in [3.05, 3.63) is 29.8 Å². The number of carbonyl (C=O) groups excluding carboxylic acids is 1. The molecule has 0 aromatic heterocycles. The molecule has 21 heavy (non-hydrogen) atoms. The molecule has 2 N–H and O–H groups in total. The maximum atomic E-state index is 12.5. The van der Waals surface area contributed by atoms with E-state index in [9.17, 15) is 18.4 Å². The lowest BCUT2D eigenvalue weighted by Crippen LogP contribution is -2.41. The Hall–Kier alpha value is -1.63. The number of carboxylic acids is 1. The zero-order valence-electron chi connectivity index (χ0n) is 11.7. The molecular weight excluding hydrogens is 300 g/mol. The van der Waals surface area contributed by atoms with E-state index in [0.29, 0.717) is 0 Å². The van der Waals surface area contributed by atoms with E-state index in [2.05, 4.69) is 5.32 Å². The summed E-state index contributed by atoms with van der Waals surface area (Å²) in [6, 6.07) is 4.85. The molecule has 0 saturated heterocycles. The highest BCUT2D eigenvalue weighted by Gasteiger charge is 2.23. The van der Waals surface area contributed by atoms with Crippen molar-refractivity contribution >= 4 is 23.6 Å². The molecule has 7 heteroatoms. The van der Waals surface area contributed by atoms with Gasteiger partial charge in [-0.15, -0.1) is 0 Å². The van der Waals surface area contributed by atoms with Crippen LogP contribution in [0.3, 0.4) is 0 Å². The van der Waals surface area contributed by atoms with Gasteiger partial charge >= 0.3 is 5.97 Å². The van der Waals surface area contributed by atoms with Crippen molar-refractivity contribution in [3.63, 3.8) is 0 Å². The van der Waals surface area contributed by atoms with E-state index in [1.807, 2.05) is 13.8 Å². The number of hydrogen-bond donors (Lipinski definition) is 2. The molecule has 0 radical (unpaired) electrons. The van der Waals surface area contributed by atoms with Crippen molar-refractivity contribution in [2.24, 2.45) is 5.92 Å². The molecule has 0 aliphatic rings. The van der Waals surface area contributed by atoms with E-state index >= 15 is 0 Å². The van der Waals surface area contributed by atoms with Crippen molar-refractivity contribution in [1.29, 1.82) is 0 Å². The number of amides is 1. The van der Waals surface area contributed by atoms with Gasteiger partial charge in [-0.3, -0.25) is 4.79 Å². The third kappa shape index (κ3) is 5.71. The summed E-state index contributed by atoms with van der Waals surface area (Å²) in [5.41, 5.74) is 0.0535. The Kier molecular flexibility index (Phi) is 6.61. The second kappa shape index (κ2) is 7.97. The minimum absolute atomic E-state index is 0.0535. The molecule has 1 unspecified atom stereocenters. The maximum absolute atomic E-state index is 12.5. The molecule has 1 aromatic rings. The summed E-state index contributed by atoms with van der Waals surface area (Å²) in [5.74, 6) is -4.37. The Morgan fingerprint density at radius 1 is 1.29 bits per heavy atom. The van der Waals surface area contributed by atoms with Crippen molar-refractivity contribution in [3.8, 4) is 0 Å². The Labute approximate surface area is 125 Å². The molecule has 0 spiro atoms. The molecular formula is C14H17F2NO3S. The first kappa shape index (κ1) is 17.4. The number of aliphatic carboxylic acids is 1. The summed E-state index contributed by atoms with van der Waals surface area (Å²) in [7, 11) is 0. The van der Waals surface area contributed by atoms with Crippen LogP contribution in [0.1, 0.15) is 30.6 Å². The molecule has 1 rings (SSSR count). The smallest absolute Gasteiger partial charge is 0.326 e. The SMILES string of the molecule is CC(C)CC(NC(=O)c1ccccc1SC(F)F)C(=O)O. The van der Waals surface area contributed by atoms with Crippen LogP contribution in [0.25, 0.3) is 0 Å². The first-order valence-electron chi connectivity index (χ1n) is 6.38. The zero-order valence-corrected chi connectivity index (χ0v) is 12.5.